The molecule has 7 nitrogen and oxygen atoms in total. The summed E-state index contributed by atoms with van der Waals surface area (Å²) < 4.78 is 19.0. The number of methoxy groups -OCH3 is 2. The quantitative estimate of drug-likeness (QED) is 0.477. The highest BCUT2D eigenvalue weighted by atomic mass is 16.6. The monoisotopic (exact) mass is 498 g/mol. The van der Waals surface area contributed by atoms with Crippen LogP contribution >= 0.6 is 0 Å². The average Bonchev–Trinajstić information content (AvgIpc) is 3.42. The van der Waals surface area contributed by atoms with E-state index in [0.717, 1.165) is 30.7 Å². The van der Waals surface area contributed by atoms with E-state index in [-0.39, 0.29) is 24.4 Å². The lowest BCUT2D eigenvalue weighted by atomic mass is 9.34. The first-order chi connectivity index (χ1) is 17.9. The van der Waals surface area contributed by atoms with Gasteiger partial charge in [0.1, 0.15) is 11.7 Å². The van der Waals surface area contributed by atoms with Gasteiger partial charge in [-0.2, -0.15) is 0 Å². The lowest BCUT2D eigenvalue weighted by Crippen LogP contribution is -2.82. The first kappa shape index (κ1) is 21.9. The number of hydrogen-bond donors (Lipinski definition) is 0. The first-order valence-corrected chi connectivity index (χ1v) is 13.2. The summed E-state index contributed by atoms with van der Waals surface area (Å²) in [6.07, 6.45) is 5.55. The van der Waals surface area contributed by atoms with Gasteiger partial charge < -0.3 is 19.1 Å². The van der Waals surface area contributed by atoms with Crippen molar-refractivity contribution in [3.05, 3.63) is 71.3 Å². The Morgan fingerprint density at radius 3 is 2.57 bits per heavy atom. The summed E-state index contributed by atoms with van der Waals surface area (Å²) in [5.74, 6) is 0.0943. The fourth-order valence-electron chi connectivity index (χ4n) is 9.35. The maximum atomic E-state index is 14.5. The minimum Gasteiger partial charge on any atom is -0.493 e. The van der Waals surface area contributed by atoms with Crippen molar-refractivity contribution in [3.63, 3.8) is 0 Å². The second kappa shape index (κ2) is 6.83. The van der Waals surface area contributed by atoms with Crippen LogP contribution in [0.3, 0.4) is 0 Å². The maximum Gasteiger partial charge on any atom is 0.236 e. The fourth-order valence-corrected chi connectivity index (χ4v) is 9.35. The highest BCUT2D eigenvalue weighted by Gasteiger charge is 2.85. The molecule has 3 aliphatic heterocycles. The summed E-state index contributed by atoms with van der Waals surface area (Å²) in [5.41, 5.74) is 1.29. The molecule has 4 bridgehead atoms. The van der Waals surface area contributed by atoms with Gasteiger partial charge in [0.15, 0.2) is 11.5 Å². The van der Waals surface area contributed by atoms with Gasteiger partial charge in [0.2, 0.25) is 11.8 Å². The van der Waals surface area contributed by atoms with E-state index in [1.54, 1.807) is 14.2 Å². The van der Waals surface area contributed by atoms with E-state index < -0.39 is 34.4 Å². The highest BCUT2D eigenvalue weighted by molar-refractivity contribution is 6.07. The van der Waals surface area contributed by atoms with Gasteiger partial charge in [0.25, 0.3) is 0 Å². The predicted octanol–water partition coefficient (Wildman–Crippen LogP) is 2.71. The molecular formula is C30H30N2O5. The van der Waals surface area contributed by atoms with Crippen LogP contribution in [0.1, 0.15) is 23.1 Å². The molecule has 2 spiro atoms. The van der Waals surface area contributed by atoms with Crippen LogP contribution in [0.25, 0.3) is 0 Å². The standard InChI is InChI=1S/C30H30N2O5/c1-31-14-13-29-21-18-9-10-19(35-2)24(21)37-27(29)30(36-3)12-11-28(29,20(31)15-18)22-23(30)26(34)32(25(22)33)16-17-7-5-4-6-8-17/h4-12,20,22-23,27H,13-16H2,1-3H3/t20-,22?,23?,27-,28+,29+,30-/m1/s1. The minimum absolute atomic E-state index is 0.0755. The number of likely N-dealkylation sites (tertiary alicyclic amines) is 2. The van der Waals surface area contributed by atoms with Gasteiger partial charge >= 0.3 is 0 Å². The lowest BCUT2D eigenvalue weighted by Gasteiger charge is -2.71. The largest absolute Gasteiger partial charge is 0.493 e. The van der Waals surface area contributed by atoms with Gasteiger partial charge in [0, 0.05) is 24.1 Å². The van der Waals surface area contributed by atoms with Crippen LogP contribution in [0.2, 0.25) is 0 Å². The van der Waals surface area contributed by atoms with Crippen molar-refractivity contribution in [1.29, 1.82) is 0 Å². The van der Waals surface area contributed by atoms with Crippen molar-refractivity contribution >= 4 is 11.8 Å². The highest BCUT2D eigenvalue weighted by Crippen LogP contribution is 2.77. The van der Waals surface area contributed by atoms with E-state index >= 15 is 0 Å². The zero-order valence-corrected chi connectivity index (χ0v) is 21.3. The Kier molecular flexibility index (Phi) is 4.04. The Morgan fingerprint density at radius 1 is 1.03 bits per heavy atom. The molecule has 2 amide bonds. The average molecular weight is 499 g/mol. The minimum atomic E-state index is -1.04. The van der Waals surface area contributed by atoms with E-state index in [1.807, 2.05) is 36.4 Å². The fraction of sp³-hybridized carbons (Fsp3) is 0.467. The van der Waals surface area contributed by atoms with Crippen LogP contribution < -0.4 is 9.47 Å². The third-order valence-corrected chi connectivity index (χ3v) is 10.7. The molecule has 2 aromatic rings. The van der Waals surface area contributed by atoms with E-state index in [1.165, 1.54) is 16.0 Å². The second-order valence-electron chi connectivity index (χ2n) is 11.6. The zero-order chi connectivity index (χ0) is 25.3. The third kappa shape index (κ3) is 2.14. The van der Waals surface area contributed by atoms with Gasteiger partial charge in [-0.3, -0.25) is 14.5 Å². The number of carbonyl (C=O) groups is 2. The topological polar surface area (TPSA) is 68.3 Å². The normalized spacial score (nSPS) is 40.0. The second-order valence-corrected chi connectivity index (χ2v) is 11.6. The molecule has 0 aromatic heterocycles. The summed E-state index contributed by atoms with van der Waals surface area (Å²) in [6.45, 7) is 1.17. The van der Waals surface area contributed by atoms with Crippen LogP contribution in [-0.4, -0.2) is 67.2 Å². The van der Waals surface area contributed by atoms with Crippen LogP contribution in [0.15, 0.2) is 54.6 Å². The number of piperidine rings is 1. The predicted molar refractivity (Wildman–Crippen MR) is 134 cm³/mol. The summed E-state index contributed by atoms with van der Waals surface area (Å²) in [5, 5.41) is 0. The van der Waals surface area contributed by atoms with Crippen LogP contribution in [0.5, 0.6) is 11.5 Å². The molecule has 3 fully saturated rings. The number of amides is 2. The molecule has 2 unspecified atom stereocenters. The number of nitrogens with zero attached hydrogens (tertiary/aromatic N) is 2. The molecule has 2 saturated heterocycles. The van der Waals surface area contributed by atoms with E-state index in [9.17, 15) is 9.59 Å². The maximum absolute atomic E-state index is 14.5. The number of imide groups is 1. The van der Waals surface area contributed by atoms with Crippen LogP contribution in [0.4, 0.5) is 0 Å². The molecule has 7 atom stereocenters. The van der Waals surface area contributed by atoms with Crippen LogP contribution in [0, 0.1) is 17.3 Å². The molecule has 4 aliphatic carbocycles. The summed E-state index contributed by atoms with van der Waals surface area (Å²) in [7, 11) is 5.48. The Labute approximate surface area is 216 Å². The Morgan fingerprint density at radius 2 is 1.81 bits per heavy atom. The number of benzene rings is 2. The lowest BCUT2D eigenvalue weighted by molar-refractivity contribution is -0.229. The molecule has 2 aromatic carbocycles. The number of ether oxygens (including phenoxy) is 3. The molecule has 7 aliphatic rings. The summed E-state index contributed by atoms with van der Waals surface area (Å²) >= 11 is 0. The zero-order valence-electron chi connectivity index (χ0n) is 21.3. The van der Waals surface area contributed by atoms with Crippen molar-refractivity contribution in [2.24, 2.45) is 17.3 Å². The van der Waals surface area contributed by atoms with Crippen molar-refractivity contribution in [1.82, 2.24) is 9.80 Å². The molecule has 7 heteroatoms. The number of rotatable bonds is 4. The van der Waals surface area contributed by atoms with Gasteiger partial charge in [-0.15, -0.1) is 0 Å². The van der Waals surface area contributed by atoms with Gasteiger partial charge in [-0.1, -0.05) is 48.6 Å². The summed E-state index contributed by atoms with van der Waals surface area (Å²) in [6, 6.07) is 14.0. The molecule has 0 radical (unpaired) electrons. The van der Waals surface area contributed by atoms with Crippen molar-refractivity contribution in [3.8, 4) is 11.5 Å². The van der Waals surface area contributed by atoms with Crippen molar-refractivity contribution in [2.45, 2.75) is 42.5 Å². The molecule has 190 valence electrons. The number of carbonyl (C=O) groups excluding carboxylic acids is 2. The molecular weight excluding hydrogens is 468 g/mol. The molecule has 37 heavy (non-hydrogen) atoms. The molecule has 1 saturated carbocycles. The molecule has 9 rings (SSSR count). The number of hydrogen-bond acceptors (Lipinski definition) is 6. The van der Waals surface area contributed by atoms with Crippen LogP contribution in [-0.2, 0) is 32.7 Å². The van der Waals surface area contributed by atoms with Gasteiger partial charge in [-0.25, -0.2) is 0 Å². The van der Waals surface area contributed by atoms with Gasteiger partial charge in [0.05, 0.1) is 30.9 Å². The summed E-state index contributed by atoms with van der Waals surface area (Å²) in [4.78, 5) is 32.6. The SMILES string of the molecule is COc1ccc2c3c1O[C@@H]1[C@]34CCN(C)[C@H](C2)[C@]42C=C[C@@]1(OC)C1C(=O)N(Cc3ccccc3)C(=O)C12. The Bertz CT molecular complexity index is 1410. The van der Waals surface area contributed by atoms with E-state index in [0.29, 0.717) is 5.75 Å². The smallest absolute Gasteiger partial charge is 0.236 e. The van der Waals surface area contributed by atoms with Crippen molar-refractivity contribution < 1.29 is 23.8 Å². The van der Waals surface area contributed by atoms with Gasteiger partial charge in [-0.05, 0) is 43.6 Å². The van der Waals surface area contributed by atoms with E-state index in [4.69, 9.17) is 14.2 Å². The first-order valence-electron chi connectivity index (χ1n) is 13.2. The van der Waals surface area contributed by atoms with Crippen molar-refractivity contribution in [2.75, 3.05) is 27.8 Å². The van der Waals surface area contributed by atoms with E-state index in [2.05, 4.69) is 30.2 Å². The Balaban J connectivity index is 1.40. The number of likely N-dealkylation sites (N-methyl/N-ethyl adjacent to an activating group) is 1. The molecule has 3 heterocycles. The Hall–Kier alpha value is -3.16. The molecule has 0 N–H and O–H groups in total. The third-order valence-electron chi connectivity index (χ3n) is 10.7.